The average molecular weight is 343 g/mol. The quantitative estimate of drug-likeness (QED) is 0.509. The van der Waals surface area contributed by atoms with Crippen LogP contribution in [0.3, 0.4) is 0 Å². The number of amides is 2. The Morgan fingerprint density at radius 1 is 0.920 bits per heavy atom. The molecule has 134 valence electrons. The Balaban J connectivity index is 1.91. The lowest BCUT2D eigenvalue weighted by Crippen LogP contribution is -2.63. The molecule has 2 bridgehead atoms. The van der Waals surface area contributed by atoms with Crippen molar-refractivity contribution in [1.82, 2.24) is 5.32 Å². The highest BCUT2D eigenvalue weighted by atomic mass is 16.5. The van der Waals surface area contributed by atoms with Gasteiger partial charge in [-0.1, -0.05) is 19.9 Å². The van der Waals surface area contributed by atoms with E-state index >= 15 is 0 Å². The zero-order valence-electron chi connectivity index (χ0n) is 15.5. The summed E-state index contributed by atoms with van der Waals surface area (Å²) in [6.07, 6.45) is 1.22. The maximum Gasteiger partial charge on any atom is 0.317 e. The van der Waals surface area contributed by atoms with Crippen LogP contribution in [0.15, 0.2) is 18.2 Å². The number of aryl methyl sites for hydroxylation is 2. The SMILES string of the molecule is Cc1cc(C)cc(OC(=O)C2(C)CC3(C)CC(C)(C2)C(=O)NC3=O)c1. The molecule has 5 heteroatoms. The predicted molar refractivity (Wildman–Crippen MR) is 92.9 cm³/mol. The second kappa shape index (κ2) is 5.41. The van der Waals surface area contributed by atoms with Crippen molar-refractivity contribution in [3.8, 4) is 5.75 Å². The van der Waals surface area contributed by atoms with E-state index in [-0.39, 0.29) is 17.8 Å². The van der Waals surface area contributed by atoms with Gasteiger partial charge in [0.2, 0.25) is 11.8 Å². The molecule has 1 aliphatic carbocycles. The zero-order chi connectivity index (χ0) is 18.6. The Morgan fingerprint density at radius 2 is 1.40 bits per heavy atom. The van der Waals surface area contributed by atoms with Gasteiger partial charge < -0.3 is 4.74 Å². The standard InChI is InChI=1S/C20H25NO4/c1-12-6-13(2)8-14(7-12)25-17(24)20(5)10-18(3)9-19(4,11-20)16(23)21-15(18)22/h6-8H,9-11H2,1-5H3,(H,21,22,23). The van der Waals surface area contributed by atoms with Gasteiger partial charge in [0.25, 0.3) is 0 Å². The topological polar surface area (TPSA) is 72.5 Å². The first kappa shape index (κ1) is 17.6. The molecule has 1 aromatic carbocycles. The maximum absolute atomic E-state index is 13.0. The molecule has 25 heavy (non-hydrogen) atoms. The Labute approximate surface area is 148 Å². The molecule has 2 amide bonds. The minimum Gasteiger partial charge on any atom is -0.426 e. The zero-order valence-corrected chi connectivity index (χ0v) is 15.5. The van der Waals surface area contributed by atoms with Gasteiger partial charge in [0.1, 0.15) is 5.75 Å². The fraction of sp³-hybridized carbons (Fsp3) is 0.550. The van der Waals surface area contributed by atoms with E-state index < -0.39 is 16.2 Å². The summed E-state index contributed by atoms with van der Waals surface area (Å²) in [6.45, 7) is 9.35. The Hall–Kier alpha value is -2.17. The van der Waals surface area contributed by atoms with E-state index in [1.165, 1.54) is 0 Å². The fourth-order valence-electron chi connectivity index (χ4n) is 4.86. The van der Waals surface area contributed by atoms with Crippen molar-refractivity contribution >= 4 is 17.8 Å². The van der Waals surface area contributed by atoms with Gasteiger partial charge in [-0.3, -0.25) is 19.7 Å². The first-order chi connectivity index (χ1) is 11.5. The molecular formula is C20H25NO4. The number of carbonyl (C=O) groups excluding carboxylic acids is 3. The van der Waals surface area contributed by atoms with Gasteiger partial charge in [-0.15, -0.1) is 0 Å². The number of carbonyl (C=O) groups is 3. The normalized spacial score (nSPS) is 34.4. The molecule has 2 atom stereocenters. The molecule has 0 aromatic heterocycles. The smallest absolute Gasteiger partial charge is 0.317 e. The molecular weight excluding hydrogens is 318 g/mol. The van der Waals surface area contributed by atoms with Gasteiger partial charge in [0.05, 0.1) is 5.41 Å². The van der Waals surface area contributed by atoms with Crippen molar-refractivity contribution in [2.24, 2.45) is 16.2 Å². The second-order valence-corrected chi connectivity index (χ2v) is 8.71. The first-order valence-corrected chi connectivity index (χ1v) is 8.62. The third-order valence-electron chi connectivity index (χ3n) is 5.56. The number of nitrogens with one attached hydrogen (secondary N) is 1. The van der Waals surface area contributed by atoms with E-state index in [0.29, 0.717) is 25.0 Å². The van der Waals surface area contributed by atoms with Gasteiger partial charge in [-0.05, 0) is 63.3 Å². The van der Waals surface area contributed by atoms with Crippen LogP contribution in [0.2, 0.25) is 0 Å². The van der Waals surface area contributed by atoms with Crippen LogP contribution in [0.25, 0.3) is 0 Å². The first-order valence-electron chi connectivity index (χ1n) is 8.62. The lowest BCUT2D eigenvalue weighted by atomic mass is 9.52. The van der Waals surface area contributed by atoms with E-state index in [2.05, 4.69) is 5.32 Å². The lowest BCUT2D eigenvalue weighted by molar-refractivity contribution is -0.169. The average Bonchev–Trinajstić information content (AvgIpc) is 2.43. The number of rotatable bonds is 2. The Morgan fingerprint density at radius 3 is 1.88 bits per heavy atom. The van der Waals surface area contributed by atoms with Gasteiger partial charge in [-0.25, -0.2) is 0 Å². The number of fused-ring (bicyclic) bond motifs is 2. The van der Waals surface area contributed by atoms with Gasteiger partial charge in [0.15, 0.2) is 0 Å². The molecule has 1 heterocycles. The van der Waals surface area contributed by atoms with Crippen LogP contribution in [-0.2, 0) is 14.4 Å². The lowest BCUT2D eigenvalue weighted by Gasteiger charge is -2.52. The summed E-state index contributed by atoms with van der Waals surface area (Å²) >= 11 is 0. The molecule has 2 fully saturated rings. The number of esters is 1. The second-order valence-electron chi connectivity index (χ2n) is 8.71. The summed E-state index contributed by atoms with van der Waals surface area (Å²) in [5, 5.41) is 2.47. The highest BCUT2D eigenvalue weighted by Gasteiger charge is 2.61. The minimum atomic E-state index is -0.882. The van der Waals surface area contributed by atoms with E-state index in [1.807, 2.05) is 45.9 Å². The molecule has 1 saturated heterocycles. The number of benzene rings is 1. The van der Waals surface area contributed by atoms with Crippen LogP contribution in [0, 0.1) is 30.1 Å². The van der Waals surface area contributed by atoms with Gasteiger partial charge >= 0.3 is 5.97 Å². The minimum absolute atomic E-state index is 0.292. The maximum atomic E-state index is 13.0. The Kier molecular flexibility index (Phi) is 3.82. The van der Waals surface area contributed by atoms with Crippen molar-refractivity contribution in [3.05, 3.63) is 29.3 Å². The van der Waals surface area contributed by atoms with Crippen LogP contribution in [0.5, 0.6) is 5.75 Å². The van der Waals surface area contributed by atoms with E-state index in [9.17, 15) is 14.4 Å². The van der Waals surface area contributed by atoms with Crippen LogP contribution in [0.1, 0.15) is 51.2 Å². The number of hydrogen-bond donors (Lipinski definition) is 1. The molecule has 1 saturated carbocycles. The van der Waals surface area contributed by atoms with Crippen LogP contribution >= 0.6 is 0 Å². The van der Waals surface area contributed by atoms with Crippen molar-refractivity contribution in [2.75, 3.05) is 0 Å². The monoisotopic (exact) mass is 343 g/mol. The highest BCUT2D eigenvalue weighted by Crippen LogP contribution is 2.56. The predicted octanol–water partition coefficient (Wildman–Crippen LogP) is 3.07. The molecule has 1 N–H and O–H groups in total. The van der Waals surface area contributed by atoms with Gasteiger partial charge in [-0.2, -0.15) is 0 Å². The molecule has 2 unspecified atom stereocenters. The summed E-state index contributed by atoms with van der Waals surface area (Å²) in [5.74, 6) is -0.456. The summed E-state index contributed by atoms with van der Waals surface area (Å²) in [7, 11) is 0. The molecule has 0 spiro atoms. The van der Waals surface area contributed by atoms with Crippen LogP contribution < -0.4 is 10.1 Å². The molecule has 0 radical (unpaired) electrons. The fourth-order valence-corrected chi connectivity index (χ4v) is 4.86. The third-order valence-corrected chi connectivity index (χ3v) is 5.56. The van der Waals surface area contributed by atoms with Crippen molar-refractivity contribution in [3.63, 3.8) is 0 Å². The van der Waals surface area contributed by atoms with Crippen LogP contribution in [-0.4, -0.2) is 17.8 Å². The number of hydrogen-bond acceptors (Lipinski definition) is 4. The highest BCUT2D eigenvalue weighted by molar-refractivity contribution is 6.04. The summed E-state index contributed by atoms with van der Waals surface area (Å²) in [5.41, 5.74) is -0.329. The van der Waals surface area contributed by atoms with E-state index in [4.69, 9.17) is 4.74 Å². The van der Waals surface area contributed by atoms with Crippen molar-refractivity contribution < 1.29 is 19.1 Å². The molecule has 1 aromatic rings. The van der Waals surface area contributed by atoms with E-state index in [0.717, 1.165) is 11.1 Å². The number of imide groups is 1. The molecule has 5 nitrogen and oxygen atoms in total. The van der Waals surface area contributed by atoms with E-state index in [1.54, 1.807) is 6.92 Å². The van der Waals surface area contributed by atoms with Crippen LogP contribution in [0.4, 0.5) is 0 Å². The van der Waals surface area contributed by atoms with Crippen molar-refractivity contribution in [1.29, 1.82) is 0 Å². The molecule has 2 aliphatic rings. The third kappa shape index (κ3) is 2.96. The largest absolute Gasteiger partial charge is 0.426 e. The summed E-state index contributed by atoms with van der Waals surface area (Å²) < 4.78 is 5.66. The summed E-state index contributed by atoms with van der Waals surface area (Å²) in [4.78, 5) is 37.7. The van der Waals surface area contributed by atoms with Crippen molar-refractivity contribution in [2.45, 2.75) is 53.9 Å². The molecule has 1 aliphatic heterocycles. The Bertz CT molecular complexity index is 736. The molecule has 3 rings (SSSR count). The number of piperidine rings is 1. The summed E-state index contributed by atoms with van der Waals surface area (Å²) in [6, 6.07) is 5.65. The number of ether oxygens (including phenoxy) is 1. The van der Waals surface area contributed by atoms with Gasteiger partial charge in [0, 0.05) is 10.8 Å².